The molecule has 3 aromatic rings. The predicted molar refractivity (Wildman–Crippen MR) is 132 cm³/mol. The largest absolute Gasteiger partial charge is 0.478 e. The molecule has 1 aliphatic carbocycles. The molecule has 1 atom stereocenters. The Labute approximate surface area is 197 Å². The van der Waals surface area contributed by atoms with Gasteiger partial charge in [-0.25, -0.2) is 4.79 Å². The van der Waals surface area contributed by atoms with Gasteiger partial charge in [0.2, 0.25) is 0 Å². The molecule has 0 unspecified atom stereocenters. The third-order valence-electron chi connectivity index (χ3n) is 6.94. The first kappa shape index (κ1) is 21.7. The number of aromatic carboxylic acids is 1. The highest BCUT2D eigenvalue weighted by atomic mass is 35.5. The van der Waals surface area contributed by atoms with Crippen LogP contribution in [0.5, 0.6) is 0 Å². The van der Waals surface area contributed by atoms with E-state index in [1.54, 1.807) is 11.3 Å². The Morgan fingerprint density at radius 2 is 2.06 bits per heavy atom. The first-order chi connectivity index (χ1) is 15.5. The number of fused-ring (bicyclic) bond motifs is 1. The SMILES string of the molecule is Cc1sc2cc(Cl)ccc2c1-c1ccc(N2CCO[C@H](CCC3CCC3)C2)c(C(=O)O)c1. The van der Waals surface area contributed by atoms with Crippen molar-refractivity contribution in [2.75, 3.05) is 24.6 Å². The van der Waals surface area contributed by atoms with E-state index in [0.717, 1.165) is 57.2 Å². The summed E-state index contributed by atoms with van der Waals surface area (Å²) in [6, 6.07) is 11.8. The van der Waals surface area contributed by atoms with Crippen molar-refractivity contribution in [2.45, 2.75) is 45.1 Å². The van der Waals surface area contributed by atoms with Gasteiger partial charge in [-0.1, -0.05) is 43.0 Å². The number of thiophene rings is 1. The number of rotatable bonds is 6. The van der Waals surface area contributed by atoms with Crippen molar-refractivity contribution < 1.29 is 14.6 Å². The maximum absolute atomic E-state index is 12.2. The fourth-order valence-corrected chi connectivity index (χ4v) is 6.37. The smallest absolute Gasteiger partial charge is 0.337 e. The summed E-state index contributed by atoms with van der Waals surface area (Å²) in [6.07, 6.45) is 6.52. The molecule has 5 rings (SSSR count). The van der Waals surface area contributed by atoms with E-state index in [9.17, 15) is 9.90 Å². The topological polar surface area (TPSA) is 49.8 Å². The Kier molecular flexibility index (Phi) is 6.15. The summed E-state index contributed by atoms with van der Waals surface area (Å²) < 4.78 is 7.13. The van der Waals surface area contributed by atoms with E-state index in [1.807, 2.05) is 30.3 Å². The Morgan fingerprint density at radius 3 is 2.81 bits per heavy atom. The molecule has 2 fully saturated rings. The number of carboxylic acids is 1. The highest BCUT2D eigenvalue weighted by Gasteiger charge is 2.26. The first-order valence-electron chi connectivity index (χ1n) is 11.4. The fraction of sp³-hybridized carbons (Fsp3) is 0.423. The third kappa shape index (κ3) is 4.26. The Hall–Kier alpha value is -2.08. The van der Waals surface area contributed by atoms with Crippen molar-refractivity contribution in [3.05, 3.63) is 51.9 Å². The lowest BCUT2D eigenvalue weighted by molar-refractivity contribution is 0.0284. The van der Waals surface area contributed by atoms with Crippen molar-refractivity contribution in [3.63, 3.8) is 0 Å². The number of anilines is 1. The van der Waals surface area contributed by atoms with Crippen LogP contribution in [0.2, 0.25) is 5.02 Å². The van der Waals surface area contributed by atoms with Gasteiger partial charge in [0.25, 0.3) is 0 Å². The zero-order chi connectivity index (χ0) is 22.2. The number of aryl methyl sites for hydroxylation is 1. The molecule has 32 heavy (non-hydrogen) atoms. The van der Waals surface area contributed by atoms with E-state index in [4.69, 9.17) is 16.3 Å². The van der Waals surface area contributed by atoms with Crippen LogP contribution in [-0.2, 0) is 4.74 Å². The summed E-state index contributed by atoms with van der Waals surface area (Å²) in [5.74, 6) is -0.0269. The lowest BCUT2D eigenvalue weighted by atomic mass is 9.81. The second-order valence-corrected chi connectivity index (χ2v) is 10.7. The van der Waals surface area contributed by atoms with Gasteiger partial charge in [-0.15, -0.1) is 11.3 Å². The summed E-state index contributed by atoms with van der Waals surface area (Å²) in [7, 11) is 0. The Morgan fingerprint density at radius 1 is 1.22 bits per heavy atom. The summed E-state index contributed by atoms with van der Waals surface area (Å²) >= 11 is 7.87. The molecule has 2 aliphatic rings. The molecule has 0 spiro atoms. The molecule has 0 bridgehead atoms. The highest BCUT2D eigenvalue weighted by Crippen LogP contribution is 2.41. The number of nitrogens with zero attached hydrogens (tertiary/aromatic N) is 1. The molecule has 1 aliphatic heterocycles. The normalized spacial score (nSPS) is 19.3. The van der Waals surface area contributed by atoms with Gasteiger partial charge in [0.1, 0.15) is 0 Å². The van der Waals surface area contributed by atoms with Crippen LogP contribution in [0, 0.1) is 12.8 Å². The average Bonchev–Trinajstić information content (AvgIpc) is 3.07. The van der Waals surface area contributed by atoms with Crippen LogP contribution in [0.1, 0.15) is 47.3 Å². The molecular weight excluding hydrogens is 442 g/mol. The van der Waals surface area contributed by atoms with Crippen molar-refractivity contribution in [1.82, 2.24) is 0 Å². The lowest BCUT2D eigenvalue weighted by Gasteiger charge is -2.36. The van der Waals surface area contributed by atoms with Crippen LogP contribution in [0.15, 0.2) is 36.4 Å². The zero-order valence-electron chi connectivity index (χ0n) is 18.3. The van der Waals surface area contributed by atoms with Crippen molar-refractivity contribution in [1.29, 1.82) is 0 Å². The summed E-state index contributed by atoms with van der Waals surface area (Å²) in [5.41, 5.74) is 3.18. The number of benzene rings is 2. The van der Waals surface area contributed by atoms with Gasteiger partial charge in [-0.2, -0.15) is 0 Å². The molecule has 2 heterocycles. The van der Waals surface area contributed by atoms with Crippen LogP contribution >= 0.6 is 22.9 Å². The van der Waals surface area contributed by atoms with Gasteiger partial charge in [0.05, 0.1) is 24.0 Å². The highest BCUT2D eigenvalue weighted by molar-refractivity contribution is 7.19. The maximum atomic E-state index is 12.2. The number of ether oxygens (including phenoxy) is 1. The van der Waals surface area contributed by atoms with E-state index < -0.39 is 5.97 Å². The summed E-state index contributed by atoms with van der Waals surface area (Å²) in [4.78, 5) is 15.6. The second kappa shape index (κ2) is 9.05. The molecule has 1 N–H and O–H groups in total. The summed E-state index contributed by atoms with van der Waals surface area (Å²) in [6.45, 7) is 4.20. The number of carboxylic acid groups (broad SMARTS) is 1. The maximum Gasteiger partial charge on any atom is 0.337 e. The van der Waals surface area contributed by atoms with E-state index in [0.29, 0.717) is 17.2 Å². The monoisotopic (exact) mass is 469 g/mol. The van der Waals surface area contributed by atoms with E-state index in [1.165, 1.54) is 25.7 Å². The second-order valence-electron chi connectivity index (χ2n) is 9.02. The van der Waals surface area contributed by atoms with Crippen molar-refractivity contribution in [3.8, 4) is 11.1 Å². The number of carbonyl (C=O) groups is 1. The van der Waals surface area contributed by atoms with Crippen molar-refractivity contribution in [2.24, 2.45) is 5.92 Å². The molecule has 6 heteroatoms. The molecule has 1 aromatic heterocycles. The van der Waals surface area contributed by atoms with Crippen LogP contribution in [0.4, 0.5) is 5.69 Å². The van der Waals surface area contributed by atoms with Gasteiger partial charge in [0.15, 0.2) is 0 Å². The molecule has 0 amide bonds. The van der Waals surface area contributed by atoms with Gasteiger partial charge >= 0.3 is 5.97 Å². The molecule has 4 nitrogen and oxygen atoms in total. The van der Waals surface area contributed by atoms with Crippen LogP contribution < -0.4 is 4.90 Å². The standard InChI is InChI=1S/C26H28ClNO3S/c1-16-25(21-9-7-19(27)14-24(21)32-16)18-6-10-23(22(13-18)26(29)30)28-11-12-31-20(15-28)8-5-17-3-2-4-17/h6-7,9-10,13-14,17,20H,2-5,8,11-12,15H2,1H3,(H,29,30)/t20-/m1/s1. The average molecular weight is 470 g/mol. The number of hydrogen-bond acceptors (Lipinski definition) is 4. The number of halogens is 1. The van der Waals surface area contributed by atoms with Crippen LogP contribution in [-0.4, -0.2) is 36.9 Å². The van der Waals surface area contributed by atoms with E-state index in [2.05, 4.69) is 17.9 Å². The molecule has 168 valence electrons. The summed E-state index contributed by atoms with van der Waals surface area (Å²) in [5, 5.41) is 11.9. The molecule has 0 radical (unpaired) electrons. The Balaban J connectivity index is 1.43. The van der Waals surface area contributed by atoms with E-state index in [-0.39, 0.29) is 6.10 Å². The van der Waals surface area contributed by atoms with Gasteiger partial charge < -0.3 is 14.7 Å². The van der Waals surface area contributed by atoms with E-state index >= 15 is 0 Å². The number of hydrogen-bond donors (Lipinski definition) is 1. The molecule has 1 saturated heterocycles. The van der Waals surface area contributed by atoms with Crippen LogP contribution in [0.3, 0.4) is 0 Å². The zero-order valence-corrected chi connectivity index (χ0v) is 19.8. The fourth-order valence-electron chi connectivity index (χ4n) is 5.01. The van der Waals surface area contributed by atoms with Crippen molar-refractivity contribution >= 4 is 44.7 Å². The number of morpholine rings is 1. The Bertz CT molecular complexity index is 1150. The quantitative estimate of drug-likeness (QED) is 0.421. The third-order valence-corrected chi connectivity index (χ3v) is 8.25. The molecule has 2 aromatic carbocycles. The van der Waals surface area contributed by atoms with Gasteiger partial charge in [0, 0.05) is 38.6 Å². The molecular formula is C26H28ClNO3S. The first-order valence-corrected chi connectivity index (χ1v) is 12.6. The lowest BCUT2D eigenvalue weighted by Crippen LogP contribution is -2.43. The predicted octanol–water partition coefficient (Wildman–Crippen LogP) is 7.01. The minimum Gasteiger partial charge on any atom is -0.478 e. The molecule has 1 saturated carbocycles. The minimum absolute atomic E-state index is 0.179. The van der Waals surface area contributed by atoms with Gasteiger partial charge in [-0.05, 0) is 55.5 Å². The van der Waals surface area contributed by atoms with Gasteiger partial charge in [-0.3, -0.25) is 0 Å². The van der Waals surface area contributed by atoms with Crippen LogP contribution in [0.25, 0.3) is 21.2 Å². The minimum atomic E-state index is -0.889.